The zero-order valence-corrected chi connectivity index (χ0v) is 11.3. The number of hydrogen-bond acceptors (Lipinski definition) is 4. The van der Waals surface area contributed by atoms with Crippen LogP contribution in [0.25, 0.3) is 0 Å². The summed E-state index contributed by atoms with van der Waals surface area (Å²) >= 11 is 0. The Bertz CT molecular complexity index is 690. The Balaban J connectivity index is 2.09. The van der Waals surface area contributed by atoms with E-state index in [2.05, 4.69) is 4.74 Å². The van der Waals surface area contributed by atoms with E-state index in [-0.39, 0.29) is 17.9 Å². The topological polar surface area (TPSA) is 59.3 Å². The van der Waals surface area contributed by atoms with Crippen LogP contribution in [-0.2, 0) is 11.3 Å². The second-order valence-electron chi connectivity index (χ2n) is 4.20. The van der Waals surface area contributed by atoms with Crippen LogP contribution in [0.1, 0.15) is 21.5 Å². The Labute approximate surface area is 121 Å². The monoisotopic (exact) mass is 285 g/mol. The average Bonchev–Trinajstić information content (AvgIpc) is 2.52. The first-order chi connectivity index (χ1) is 10.2. The van der Waals surface area contributed by atoms with E-state index >= 15 is 0 Å². The van der Waals surface area contributed by atoms with Crippen molar-refractivity contribution in [3.8, 4) is 11.8 Å². The fraction of sp³-hybridized carbons (Fsp3) is 0.125. The van der Waals surface area contributed by atoms with Gasteiger partial charge in [0.25, 0.3) is 0 Å². The van der Waals surface area contributed by atoms with Gasteiger partial charge in [-0.2, -0.15) is 5.26 Å². The number of nitriles is 1. The van der Waals surface area contributed by atoms with Crippen LogP contribution in [0.3, 0.4) is 0 Å². The molecule has 0 aliphatic rings. The molecule has 0 unspecified atom stereocenters. The van der Waals surface area contributed by atoms with E-state index in [1.54, 1.807) is 30.3 Å². The molecule has 21 heavy (non-hydrogen) atoms. The zero-order valence-electron chi connectivity index (χ0n) is 11.3. The Kier molecular flexibility index (Phi) is 4.52. The number of halogens is 1. The van der Waals surface area contributed by atoms with Gasteiger partial charge < -0.3 is 9.47 Å². The van der Waals surface area contributed by atoms with Crippen molar-refractivity contribution in [2.45, 2.75) is 6.61 Å². The molecule has 4 nitrogen and oxygen atoms in total. The summed E-state index contributed by atoms with van der Waals surface area (Å²) in [5.74, 6) is -0.843. The summed E-state index contributed by atoms with van der Waals surface area (Å²) in [5.41, 5.74) is 1.10. The molecular formula is C16H12FNO3. The van der Waals surface area contributed by atoms with E-state index in [9.17, 15) is 9.18 Å². The van der Waals surface area contributed by atoms with Crippen LogP contribution in [0.5, 0.6) is 5.75 Å². The molecule has 0 aromatic heterocycles. The summed E-state index contributed by atoms with van der Waals surface area (Å²) in [7, 11) is 1.31. The fourth-order valence-electron chi connectivity index (χ4n) is 1.75. The Morgan fingerprint density at radius 3 is 2.57 bits per heavy atom. The quantitative estimate of drug-likeness (QED) is 0.810. The van der Waals surface area contributed by atoms with Gasteiger partial charge in [0.1, 0.15) is 29.8 Å². The first-order valence-corrected chi connectivity index (χ1v) is 6.14. The van der Waals surface area contributed by atoms with Crippen LogP contribution in [-0.4, -0.2) is 13.1 Å². The average molecular weight is 285 g/mol. The van der Waals surface area contributed by atoms with Gasteiger partial charge in [0.15, 0.2) is 0 Å². The zero-order chi connectivity index (χ0) is 15.2. The molecule has 0 saturated carbocycles. The van der Waals surface area contributed by atoms with Gasteiger partial charge in [0, 0.05) is 0 Å². The molecule has 106 valence electrons. The Morgan fingerprint density at radius 2 is 1.95 bits per heavy atom. The lowest BCUT2D eigenvalue weighted by molar-refractivity contribution is 0.0600. The number of esters is 1. The number of ether oxygens (including phenoxy) is 2. The molecule has 0 atom stereocenters. The molecule has 0 aliphatic carbocycles. The van der Waals surface area contributed by atoms with Crippen molar-refractivity contribution in [3.05, 3.63) is 65.0 Å². The lowest BCUT2D eigenvalue weighted by Crippen LogP contribution is -2.02. The van der Waals surface area contributed by atoms with E-state index in [0.717, 1.165) is 5.56 Å². The molecule has 0 bridgehead atoms. The molecule has 2 rings (SSSR count). The molecule has 0 amide bonds. The predicted octanol–water partition coefficient (Wildman–Crippen LogP) is 3.06. The first-order valence-electron chi connectivity index (χ1n) is 6.14. The number of rotatable bonds is 4. The minimum Gasteiger partial charge on any atom is -0.487 e. The summed E-state index contributed by atoms with van der Waals surface area (Å²) < 4.78 is 23.4. The predicted molar refractivity (Wildman–Crippen MR) is 73.2 cm³/mol. The fourth-order valence-corrected chi connectivity index (χ4v) is 1.75. The number of methoxy groups -OCH3 is 1. The van der Waals surface area contributed by atoms with Crippen molar-refractivity contribution in [2.24, 2.45) is 0 Å². The van der Waals surface area contributed by atoms with Crippen LogP contribution in [0.15, 0.2) is 42.5 Å². The lowest BCUT2D eigenvalue weighted by atomic mass is 10.1. The van der Waals surface area contributed by atoms with Crippen molar-refractivity contribution in [1.82, 2.24) is 0 Å². The van der Waals surface area contributed by atoms with Gasteiger partial charge in [-0.1, -0.05) is 18.2 Å². The Hall–Kier alpha value is -2.87. The summed E-state index contributed by atoms with van der Waals surface area (Å²) in [6, 6.07) is 12.6. The molecule has 0 aliphatic heterocycles. The van der Waals surface area contributed by atoms with E-state index in [4.69, 9.17) is 10.00 Å². The molecule has 0 fully saturated rings. The van der Waals surface area contributed by atoms with E-state index in [1.165, 1.54) is 25.3 Å². The van der Waals surface area contributed by atoms with Gasteiger partial charge in [0.05, 0.1) is 12.7 Å². The molecule has 0 N–H and O–H groups in total. The maximum absolute atomic E-state index is 13.4. The number of carbonyl (C=O) groups is 1. The van der Waals surface area contributed by atoms with E-state index in [0.29, 0.717) is 5.56 Å². The highest BCUT2D eigenvalue weighted by Crippen LogP contribution is 2.21. The molecule has 0 saturated heterocycles. The molecule has 2 aromatic carbocycles. The molecule has 2 aromatic rings. The highest BCUT2D eigenvalue weighted by atomic mass is 19.1. The van der Waals surface area contributed by atoms with Crippen molar-refractivity contribution in [1.29, 1.82) is 5.26 Å². The van der Waals surface area contributed by atoms with Crippen molar-refractivity contribution >= 4 is 5.97 Å². The third-order valence-electron chi connectivity index (χ3n) is 2.86. The minimum atomic E-state index is -0.615. The van der Waals surface area contributed by atoms with E-state index in [1.807, 2.05) is 0 Å². The van der Waals surface area contributed by atoms with Crippen molar-refractivity contribution in [2.75, 3.05) is 7.11 Å². The number of carbonyl (C=O) groups excluding carboxylic acids is 1. The standard InChI is InChI=1S/C16H12FNO3/c1-20-16(19)12-7-5-11(6-8-12)10-21-15-4-2-3-14(17)13(15)9-18/h2-8H,10H2,1H3. The van der Waals surface area contributed by atoms with Gasteiger partial charge in [-0.3, -0.25) is 0 Å². The van der Waals surface area contributed by atoms with Crippen LogP contribution < -0.4 is 4.74 Å². The molecule has 0 heterocycles. The maximum Gasteiger partial charge on any atom is 0.337 e. The summed E-state index contributed by atoms with van der Waals surface area (Å²) in [4.78, 5) is 11.3. The van der Waals surface area contributed by atoms with Crippen LogP contribution in [0.4, 0.5) is 4.39 Å². The van der Waals surface area contributed by atoms with Crippen LogP contribution >= 0.6 is 0 Å². The largest absolute Gasteiger partial charge is 0.487 e. The third kappa shape index (κ3) is 3.37. The normalized spacial score (nSPS) is 9.76. The highest BCUT2D eigenvalue weighted by molar-refractivity contribution is 5.89. The van der Waals surface area contributed by atoms with Gasteiger partial charge in [0.2, 0.25) is 0 Å². The number of benzene rings is 2. The van der Waals surface area contributed by atoms with Crippen LogP contribution in [0.2, 0.25) is 0 Å². The smallest absolute Gasteiger partial charge is 0.337 e. The third-order valence-corrected chi connectivity index (χ3v) is 2.86. The molecule has 0 spiro atoms. The van der Waals surface area contributed by atoms with Gasteiger partial charge in [-0.05, 0) is 29.8 Å². The lowest BCUT2D eigenvalue weighted by Gasteiger charge is -2.08. The Morgan fingerprint density at radius 1 is 1.24 bits per heavy atom. The number of nitrogens with zero attached hydrogens (tertiary/aromatic N) is 1. The van der Waals surface area contributed by atoms with Crippen LogP contribution in [0, 0.1) is 17.1 Å². The SMILES string of the molecule is COC(=O)c1ccc(COc2cccc(F)c2C#N)cc1. The van der Waals surface area contributed by atoms with Crippen molar-refractivity contribution in [3.63, 3.8) is 0 Å². The summed E-state index contributed by atoms with van der Waals surface area (Å²) in [6.07, 6.45) is 0. The maximum atomic E-state index is 13.4. The second kappa shape index (κ2) is 6.53. The van der Waals surface area contributed by atoms with E-state index < -0.39 is 11.8 Å². The molecule has 5 heteroatoms. The summed E-state index contributed by atoms with van der Waals surface area (Å²) in [6.45, 7) is 0.166. The first kappa shape index (κ1) is 14.5. The van der Waals surface area contributed by atoms with Gasteiger partial charge in [-0.25, -0.2) is 9.18 Å². The second-order valence-corrected chi connectivity index (χ2v) is 4.20. The van der Waals surface area contributed by atoms with Gasteiger partial charge >= 0.3 is 5.97 Å². The molecular weight excluding hydrogens is 273 g/mol. The molecule has 0 radical (unpaired) electrons. The van der Waals surface area contributed by atoms with Gasteiger partial charge in [-0.15, -0.1) is 0 Å². The number of hydrogen-bond donors (Lipinski definition) is 0. The van der Waals surface area contributed by atoms with Crippen molar-refractivity contribution < 1.29 is 18.7 Å². The highest BCUT2D eigenvalue weighted by Gasteiger charge is 2.09. The summed E-state index contributed by atoms with van der Waals surface area (Å²) in [5, 5.41) is 8.90. The minimum absolute atomic E-state index is 0.122.